The third kappa shape index (κ3) is 5.07. The molecule has 0 aliphatic heterocycles. The first-order valence-electron chi connectivity index (χ1n) is 17.9. The van der Waals surface area contributed by atoms with Gasteiger partial charge in [0.1, 0.15) is 16.2 Å². The van der Waals surface area contributed by atoms with Gasteiger partial charge >= 0.3 is 0 Å². The van der Waals surface area contributed by atoms with Gasteiger partial charge < -0.3 is 4.42 Å². The first-order chi connectivity index (χ1) is 26.7. The van der Waals surface area contributed by atoms with Crippen LogP contribution in [0.5, 0.6) is 0 Å². The number of benzene rings is 8. The lowest BCUT2D eigenvalue weighted by Gasteiger charge is -2.13. The summed E-state index contributed by atoms with van der Waals surface area (Å²) in [5.41, 5.74) is 8.62. The molecule has 54 heavy (non-hydrogen) atoms. The van der Waals surface area contributed by atoms with Gasteiger partial charge in [0.15, 0.2) is 17.5 Å². The molecule has 3 heterocycles. The van der Waals surface area contributed by atoms with Gasteiger partial charge in [-0.3, -0.25) is 0 Å². The molecule has 0 saturated heterocycles. The predicted molar refractivity (Wildman–Crippen MR) is 222 cm³/mol. The van der Waals surface area contributed by atoms with Crippen molar-refractivity contribution >= 4 is 65.0 Å². The molecule has 252 valence electrons. The van der Waals surface area contributed by atoms with E-state index in [1.165, 1.54) is 15.5 Å². The molecule has 6 heteroatoms. The number of nitrogens with zero attached hydrogens (tertiary/aromatic N) is 4. The zero-order valence-electron chi connectivity index (χ0n) is 28.8. The van der Waals surface area contributed by atoms with Crippen LogP contribution in [0.2, 0.25) is 0 Å². The summed E-state index contributed by atoms with van der Waals surface area (Å²) in [5.74, 6) is 1.80. The van der Waals surface area contributed by atoms with E-state index in [2.05, 4.69) is 133 Å². The smallest absolute Gasteiger partial charge is 0.164 e. The normalized spacial score (nSPS) is 11.7. The standard InChI is InChI=1S/C48H28N4OS/c1-2-12-31(13-3-1)48-49-40-26-25-30-22-23-33(28-39(30)44(40)54-48)35-15-6-7-16-36(35)46-50-45(34-24-21-29-11-4-5-14-32(29)27-34)51-47(52-46)38-18-10-20-42-43(38)37-17-8-9-19-41(37)53-42/h1-28H. The topological polar surface area (TPSA) is 64.7 Å². The molecule has 0 fully saturated rings. The Morgan fingerprint density at radius 1 is 0.389 bits per heavy atom. The fraction of sp³-hybridized carbons (Fsp3) is 0. The van der Waals surface area contributed by atoms with Gasteiger partial charge in [-0.05, 0) is 57.6 Å². The maximum Gasteiger partial charge on any atom is 0.164 e. The van der Waals surface area contributed by atoms with E-state index in [0.717, 1.165) is 76.6 Å². The molecule has 3 aromatic heterocycles. The van der Waals surface area contributed by atoms with Crippen molar-refractivity contribution in [1.82, 2.24) is 19.9 Å². The predicted octanol–water partition coefficient (Wildman–Crippen LogP) is 13.0. The molecule has 0 atom stereocenters. The summed E-state index contributed by atoms with van der Waals surface area (Å²) >= 11 is 1.73. The van der Waals surface area contributed by atoms with Crippen molar-refractivity contribution in [3.63, 3.8) is 0 Å². The number of aromatic nitrogens is 4. The van der Waals surface area contributed by atoms with Crippen molar-refractivity contribution in [2.45, 2.75) is 0 Å². The number of thiazole rings is 1. The molecule has 11 aromatic rings. The van der Waals surface area contributed by atoms with Gasteiger partial charge in [0.25, 0.3) is 0 Å². The van der Waals surface area contributed by atoms with Gasteiger partial charge in [0.2, 0.25) is 0 Å². The van der Waals surface area contributed by atoms with E-state index in [1.54, 1.807) is 11.3 Å². The van der Waals surface area contributed by atoms with E-state index in [4.69, 9.17) is 24.4 Å². The molecule has 0 radical (unpaired) electrons. The fourth-order valence-corrected chi connectivity index (χ4v) is 8.64. The van der Waals surface area contributed by atoms with Crippen molar-refractivity contribution < 1.29 is 4.42 Å². The molecule has 0 spiro atoms. The van der Waals surface area contributed by atoms with Crippen LogP contribution in [-0.2, 0) is 0 Å². The molecule has 0 aliphatic carbocycles. The zero-order chi connectivity index (χ0) is 35.6. The van der Waals surface area contributed by atoms with Crippen molar-refractivity contribution in [3.8, 4) is 55.9 Å². The van der Waals surface area contributed by atoms with Crippen LogP contribution < -0.4 is 0 Å². The highest BCUT2D eigenvalue weighted by atomic mass is 32.1. The first kappa shape index (κ1) is 30.6. The van der Waals surface area contributed by atoms with Crippen LogP contribution >= 0.6 is 11.3 Å². The van der Waals surface area contributed by atoms with Crippen LogP contribution in [0.1, 0.15) is 0 Å². The molecule has 0 amide bonds. The summed E-state index contributed by atoms with van der Waals surface area (Å²) in [6.45, 7) is 0. The number of furan rings is 1. The molecular weight excluding hydrogens is 681 g/mol. The quantitative estimate of drug-likeness (QED) is 0.178. The van der Waals surface area contributed by atoms with E-state index >= 15 is 0 Å². The minimum absolute atomic E-state index is 0.591. The van der Waals surface area contributed by atoms with E-state index in [-0.39, 0.29) is 0 Å². The number of fused-ring (bicyclic) bond motifs is 7. The number of hydrogen-bond donors (Lipinski definition) is 0. The molecule has 11 rings (SSSR count). The Morgan fingerprint density at radius 2 is 1.06 bits per heavy atom. The van der Waals surface area contributed by atoms with E-state index in [9.17, 15) is 0 Å². The van der Waals surface area contributed by atoms with Gasteiger partial charge in [0, 0.05) is 38.4 Å². The maximum atomic E-state index is 6.29. The van der Waals surface area contributed by atoms with Gasteiger partial charge in [-0.1, -0.05) is 140 Å². The number of rotatable bonds is 5. The molecular formula is C48H28N4OS. The van der Waals surface area contributed by atoms with Gasteiger partial charge in [-0.25, -0.2) is 19.9 Å². The van der Waals surface area contributed by atoms with Crippen LogP contribution in [0, 0.1) is 0 Å². The Labute approximate surface area is 313 Å². The summed E-state index contributed by atoms with van der Waals surface area (Å²) in [5, 5.41) is 7.67. The molecule has 5 nitrogen and oxygen atoms in total. The summed E-state index contributed by atoms with van der Waals surface area (Å²) in [6, 6.07) is 58.7. The Morgan fingerprint density at radius 3 is 1.96 bits per heavy atom. The van der Waals surface area contributed by atoms with E-state index in [1.807, 2.05) is 36.4 Å². The lowest BCUT2D eigenvalue weighted by Crippen LogP contribution is -2.01. The molecule has 0 saturated carbocycles. The summed E-state index contributed by atoms with van der Waals surface area (Å²) in [4.78, 5) is 20.7. The second kappa shape index (κ2) is 12.3. The lowest BCUT2D eigenvalue weighted by atomic mass is 9.96. The van der Waals surface area contributed by atoms with Crippen LogP contribution in [0.25, 0.3) is 110 Å². The van der Waals surface area contributed by atoms with Crippen molar-refractivity contribution in [2.24, 2.45) is 0 Å². The van der Waals surface area contributed by atoms with Crippen molar-refractivity contribution in [2.75, 3.05) is 0 Å². The van der Waals surface area contributed by atoms with Crippen LogP contribution in [0.3, 0.4) is 0 Å². The molecule has 0 unspecified atom stereocenters. The van der Waals surface area contributed by atoms with Crippen LogP contribution in [0.15, 0.2) is 174 Å². The monoisotopic (exact) mass is 708 g/mol. The molecule has 0 aliphatic rings. The summed E-state index contributed by atoms with van der Waals surface area (Å²) in [6.07, 6.45) is 0. The second-order valence-corrected chi connectivity index (χ2v) is 14.4. The average molecular weight is 709 g/mol. The van der Waals surface area contributed by atoms with E-state index in [0.29, 0.717) is 17.5 Å². The highest BCUT2D eigenvalue weighted by Crippen LogP contribution is 2.40. The van der Waals surface area contributed by atoms with Gasteiger partial charge in [-0.2, -0.15) is 0 Å². The highest BCUT2D eigenvalue weighted by Gasteiger charge is 2.20. The Kier molecular flexibility index (Phi) is 6.97. The summed E-state index contributed by atoms with van der Waals surface area (Å²) in [7, 11) is 0. The maximum absolute atomic E-state index is 6.29. The van der Waals surface area contributed by atoms with E-state index < -0.39 is 0 Å². The average Bonchev–Trinajstić information content (AvgIpc) is 3.86. The Balaban J connectivity index is 1.12. The fourth-order valence-electron chi connectivity index (χ4n) is 7.54. The SMILES string of the molecule is c1ccc(-c2nc3ccc4ccc(-c5ccccc5-c5nc(-c6ccc7ccccc7c6)nc(-c6cccc7oc8ccccc8c67)n5)cc4c3s2)cc1. The Bertz CT molecular complexity index is 3240. The zero-order valence-corrected chi connectivity index (χ0v) is 29.6. The third-order valence-electron chi connectivity index (χ3n) is 10.2. The van der Waals surface area contributed by atoms with Crippen LogP contribution in [0.4, 0.5) is 0 Å². The van der Waals surface area contributed by atoms with Crippen LogP contribution in [-0.4, -0.2) is 19.9 Å². The lowest BCUT2D eigenvalue weighted by molar-refractivity contribution is 0.669. The minimum atomic E-state index is 0.591. The van der Waals surface area contributed by atoms with Crippen molar-refractivity contribution in [3.05, 3.63) is 170 Å². The minimum Gasteiger partial charge on any atom is -0.456 e. The van der Waals surface area contributed by atoms with Gasteiger partial charge in [0.05, 0.1) is 10.2 Å². The first-order valence-corrected chi connectivity index (χ1v) is 18.7. The largest absolute Gasteiger partial charge is 0.456 e. The number of para-hydroxylation sites is 1. The second-order valence-electron chi connectivity index (χ2n) is 13.4. The molecule has 0 N–H and O–H groups in total. The third-order valence-corrected chi connectivity index (χ3v) is 11.3. The van der Waals surface area contributed by atoms with Gasteiger partial charge in [-0.15, -0.1) is 11.3 Å². The molecule has 8 aromatic carbocycles. The van der Waals surface area contributed by atoms with Crippen molar-refractivity contribution in [1.29, 1.82) is 0 Å². The molecule has 0 bridgehead atoms. The summed E-state index contributed by atoms with van der Waals surface area (Å²) < 4.78 is 7.46. The highest BCUT2D eigenvalue weighted by molar-refractivity contribution is 7.22. The number of hydrogen-bond acceptors (Lipinski definition) is 6. The Hall–Kier alpha value is -7.02.